The number of pyridine rings is 1. The molecule has 2 aromatic carbocycles. The van der Waals surface area contributed by atoms with Crippen molar-refractivity contribution in [2.24, 2.45) is 0 Å². The summed E-state index contributed by atoms with van der Waals surface area (Å²) in [5, 5.41) is 6.63. The summed E-state index contributed by atoms with van der Waals surface area (Å²) in [6, 6.07) is 18.7. The fraction of sp³-hybridized carbons (Fsp3) is 0.182. The van der Waals surface area contributed by atoms with Crippen molar-refractivity contribution in [2.75, 3.05) is 10.6 Å². The van der Waals surface area contributed by atoms with Gasteiger partial charge in [-0.1, -0.05) is 56.6 Å². The van der Waals surface area contributed by atoms with Crippen LogP contribution < -0.4 is 10.6 Å². The van der Waals surface area contributed by atoms with Gasteiger partial charge in [-0.05, 0) is 47.4 Å². The van der Waals surface area contributed by atoms with Gasteiger partial charge in [-0.15, -0.1) is 0 Å². The highest BCUT2D eigenvalue weighted by Crippen LogP contribution is 2.25. The Balaban J connectivity index is 1.66. The molecule has 5 heteroatoms. The number of aromatic nitrogens is 1. The Kier molecular flexibility index (Phi) is 5.47. The van der Waals surface area contributed by atoms with E-state index in [0.29, 0.717) is 22.1 Å². The molecule has 1 aromatic heterocycles. The smallest absolute Gasteiger partial charge is 0.255 e. The van der Waals surface area contributed by atoms with Crippen molar-refractivity contribution in [3.05, 3.63) is 83.0 Å². The van der Waals surface area contributed by atoms with Gasteiger partial charge in [0.05, 0.1) is 22.6 Å². The van der Waals surface area contributed by atoms with Crippen LogP contribution in [-0.4, -0.2) is 10.9 Å². The fourth-order valence-corrected chi connectivity index (χ4v) is 2.75. The predicted octanol–water partition coefficient (Wildman–Crippen LogP) is 6.03. The zero-order valence-corrected chi connectivity index (χ0v) is 16.3. The Morgan fingerprint density at radius 1 is 0.963 bits per heavy atom. The molecule has 0 atom stereocenters. The first kappa shape index (κ1) is 18.9. The van der Waals surface area contributed by atoms with E-state index < -0.39 is 0 Å². The summed E-state index contributed by atoms with van der Waals surface area (Å²) in [5.74, 6) is 0.486. The van der Waals surface area contributed by atoms with Gasteiger partial charge in [-0.25, -0.2) is 4.98 Å². The Morgan fingerprint density at radius 3 is 2.26 bits per heavy atom. The van der Waals surface area contributed by atoms with E-state index in [1.807, 2.05) is 48.5 Å². The maximum atomic E-state index is 12.4. The van der Waals surface area contributed by atoms with E-state index >= 15 is 0 Å². The van der Waals surface area contributed by atoms with E-state index in [2.05, 4.69) is 36.4 Å². The minimum Gasteiger partial charge on any atom is -0.339 e. The van der Waals surface area contributed by atoms with Crippen LogP contribution in [0.1, 0.15) is 36.7 Å². The zero-order chi connectivity index (χ0) is 19.4. The van der Waals surface area contributed by atoms with E-state index in [-0.39, 0.29) is 11.3 Å². The van der Waals surface area contributed by atoms with Gasteiger partial charge in [0.1, 0.15) is 5.82 Å². The van der Waals surface area contributed by atoms with E-state index in [1.54, 1.807) is 18.3 Å². The van der Waals surface area contributed by atoms with Gasteiger partial charge in [-0.3, -0.25) is 4.79 Å². The molecule has 1 heterocycles. The number of halogens is 1. The lowest BCUT2D eigenvalue weighted by molar-refractivity contribution is 0.102. The third-order valence-electron chi connectivity index (χ3n) is 4.17. The first-order valence-electron chi connectivity index (χ1n) is 8.72. The number of nitrogens with zero attached hydrogens (tertiary/aromatic N) is 1. The van der Waals surface area contributed by atoms with Crippen molar-refractivity contribution >= 4 is 34.7 Å². The van der Waals surface area contributed by atoms with Gasteiger partial charge >= 0.3 is 0 Å². The van der Waals surface area contributed by atoms with Crippen molar-refractivity contribution in [2.45, 2.75) is 26.2 Å². The summed E-state index contributed by atoms with van der Waals surface area (Å²) in [6.45, 7) is 6.43. The SMILES string of the molecule is CC(C)(C)c1ccc(C(=O)Nc2ccc(Nc3ccccc3Cl)nc2)cc1. The second-order valence-corrected chi connectivity index (χ2v) is 7.73. The summed E-state index contributed by atoms with van der Waals surface area (Å²) in [6.07, 6.45) is 1.61. The molecule has 0 aliphatic carbocycles. The molecule has 0 fully saturated rings. The summed E-state index contributed by atoms with van der Waals surface area (Å²) < 4.78 is 0. The molecule has 0 aliphatic rings. The Morgan fingerprint density at radius 2 is 1.67 bits per heavy atom. The molecule has 3 rings (SSSR count). The number of carbonyl (C=O) groups is 1. The van der Waals surface area contributed by atoms with Crippen LogP contribution in [0.4, 0.5) is 17.2 Å². The molecule has 27 heavy (non-hydrogen) atoms. The molecule has 0 bridgehead atoms. The van der Waals surface area contributed by atoms with Gasteiger partial charge in [0, 0.05) is 5.56 Å². The van der Waals surface area contributed by atoms with Gasteiger partial charge in [0.2, 0.25) is 0 Å². The van der Waals surface area contributed by atoms with Crippen molar-refractivity contribution in [1.82, 2.24) is 4.98 Å². The molecule has 0 saturated heterocycles. The lowest BCUT2D eigenvalue weighted by Gasteiger charge is -2.19. The Bertz CT molecular complexity index is 929. The van der Waals surface area contributed by atoms with Gasteiger partial charge < -0.3 is 10.6 Å². The molecule has 2 N–H and O–H groups in total. The Labute approximate surface area is 164 Å². The first-order chi connectivity index (χ1) is 12.8. The number of benzene rings is 2. The lowest BCUT2D eigenvalue weighted by Crippen LogP contribution is -2.14. The number of carbonyl (C=O) groups excluding carboxylic acids is 1. The van der Waals surface area contributed by atoms with E-state index in [1.165, 1.54) is 5.56 Å². The molecule has 0 spiro atoms. The topological polar surface area (TPSA) is 54.0 Å². The van der Waals surface area contributed by atoms with Crippen LogP contribution in [0.3, 0.4) is 0 Å². The quantitative estimate of drug-likeness (QED) is 0.582. The van der Waals surface area contributed by atoms with Gasteiger partial charge in [0.15, 0.2) is 0 Å². The molecular weight excluding hydrogens is 358 g/mol. The van der Waals surface area contributed by atoms with Gasteiger partial charge in [-0.2, -0.15) is 0 Å². The second kappa shape index (κ2) is 7.80. The summed E-state index contributed by atoms with van der Waals surface area (Å²) in [7, 11) is 0. The molecule has 0 radical (unpaired) electrons. The normalized spacial score (nSPS) is 11.1. The monoisotopic (exact) mass is 379 g/mol. The maximum absolute atomic E-state index is 12.4. The summed E-state index contributed by atoms with van der Waals surface area (Å²) >= 11 is 6.13. The minimum absolute atomic E-state index is 0.0589. The molecule has 0 unspecified atom stereocenters. The minimum atomic E-state index is -0.163. The molecule has 138 valence electrons. The predicted molar refractivity (Wildman–Crippen MR) is 112 cm³/mol. The van der Waals surface area contributed by atoms with Crippen LogP contribution in [0.15, 0.2) is 66.9 Å². The third kappa shape index (κ3) is 4.86. The van der Waals surface area contributed by atoms with Gasteiger partial charge in [0.25, 0.3) is 5.91 Å². The highest BCUT2D eigenvalue weighted by Gasteiger charge is 2.14. The van der Waals surface area contributed by atoms with E-state index in [0.717, 1.165) is 5.69 Å². The lowest BCUT2D eigenvalue weighted by atomic mass is 9.87. The average molecular weight is 380 g/mol. The highest BCUT2D eigenvalue weighted by molar-refractivity contribution is 6.33. The summed E-state index contributed by atoms with van der Waals surface area (Å²) in [4.78, 5) is 16.7. The van der Waals surface area contributed by atoms with Crippen molar-refractivity contribution in [1.29, 1.82) is 0 Å². The maximum Gasteiger partial charge on any atom is 0.255 e. The molecule has 0 saturated carbocycles. The largest absolute Gasteiger partial charge is 0.339 e. The van der Waals surface area contributed by atoms with Crippen LogP contribution >= 0.6 is 11.6 Å². The number of anilines is 3. The Hall–Kier alpha value is -2.85. The standard InChI is InChI=1S/C22H22ClN3O/c1-22(2,3)16-10-8-15(9-11-16)21(27)25-17-12-13-20(24-14-17)26-19-7-5-4-6-18(19)23/h4-14H,1-3H3,(H,24,26)(H,25,27). The average Bonchev–Trinajstić information content (AvgIpc) is 2.64. The molecular formula is C22H22ClN3O. The van der Waals surface area contributed by atoms with Crippen molar-refractivity contribution < 1.29 is 4.79 Å². The molecule has 1 amide bonds. The highest BCUT2D eigenvalue weighted by atomic mass is 35.5. The van der Waals surface area contributed by atoms with E-state index in [9.17, 15) is 4.79 Å². The van der Waals surface area contributed by atoms with Crippen LogP contribution in [0, 0.1) is 0 Å². The number of rotatable bonds is 4. The number of nitrogens with one attached hydrogen (secondary N) is 2. The van der Waals surface area contributed by atoms with Crippen molar-refractivity contribution in [3.8, 4) is 0 Å². The van der Waals surface area contributed by atoms with Crippen LogP contribution in [-0.2, 0) is 5.41 Å². The fourth-order valence-electron chi connectivity index (χ4n) is 2.57. The first-order valence-corrected chi connectivity index (χ1v) is 9.10. The third-order valence-corrected chi connectivity index (χ3v) is 4.50. The molecule has 4 nitrogen and oxygen atoms in total. The number of para-hydroxylation sites is 1. The molecule has 3 aromatic rings. The molecule has 0 aliphatic heterocycles. The number of hydrogen-bond acceptors (Lipinski definition) is 3. The number of hydrogen-bond donors (Lipinski definition) is 2. The second-order valence-electron chi connectivity index (χ2n) is 7.32. The van der Waals surface area contributed by atoms with Crippen LogP contribution in [0.2, 0.25) is 5.02 Å². The van der Waals surface area contributed by atoms with Crippen LogP contribution in [0.5, 0.6) is 0 Å². The van der Waals surface area contributed by atoms with Crippen molar-refractivity contribution in [3.63, 3.8) is 0 Å². The number of amides is 1. The van der Waals surface area contributed by atoms with E-state index in [4.69, 9.17) is 11.6 Å². The summed E-state index contributed by atoms with van der Waals surface area (Å²) in [5.41, 5.74) is 3.27. The van der Waals surface area contributed by atoms with Crippen LogP contribution in [0.25, 0.3) is 0 Å². The zero-order valence-electron chi connectivity index (χ0n) is 15.6.